The maximum atomic E-state index is 8.91. The van der Waals surface area contributed by atoms with Gasteiger partial charge in [0.1, 0.15) is 12.1 Å². The Hall–Kier alpha value is -2.66. The first kappa shape index (κ1) is 9.88. The van der Waals surface area contributed by atoms with Crippen LogP contribution in [-0.2, 0) is 6.54 Å². The summed E-state index contributed by atoms with van der Waals surface area (Å²) < 4.78 is 1.61. The van der Waals surface area contributed by atoms with Crippen LogP contribution in [-0.4, -0.2) is 14.5 Å². The molecule has 2 heterocycles. The van der Waals surface area contributed by atoms with Gasteiger partial charge in [-0.25, -0.2) is 4.98 Å². The van der Waals surface area contributed by atoms with Crippen LogP contribution in [0, 0.1) is 22.7 Å². The second kappa shape index (κ2) is 4.24. The van der Waals surface area contributed by atoms with Gasteiger partial charge in [0.25, 0.3) is 0 Å². The van der Waals surface area contributed by atoms with E-state index in [4.69, 9.17) is 10.5 Å². The molecule has 0 aliphatic rings. The van der Waals surface area contributed by atoms with E-state index in [2.05, 4.69) is 9.97 Å². The molecule has 5 nitrogen and oxygen atoms in total. The van der Waals surface area contributed by atoms with Crippen LogP contribution in [0.3, 0.4) is 0 Å². The fourth-order valence-electron chi connectivity index (χ4n) is 1.37. The van der Waals surface area contributed by atoms with Crippen LogP contribution in [0.5, 0.6) is 0 Å². The van der Waals surface area contributed by atoms with Gasteiger partial charge in [-0.1, -0.05) is 6.07 Å². The van der Waals surface area contributed by atoms with E-state index in [1.807, 2.05) is 30.3 Å². The standard InChI is InChI=1S/C11H7N5/c12-5-10-11(6-13)16(8-15-10)7-9-3-1-2-4-14-9/h1-4,8H,7H2. The number of aromatic nitrogens is 3. The molecular formula is C11H7N5. The lowest BCUT2D eigenvalue weighted by Gasteiger charge is -2.02. The van der Waals surface area contributed by atoms with Crippen LogP contribution in [0.25, 0.3) is 0 Å². The molecule has 2 rings (SSSR count). The van der Waals surface area contributed by atoms with Crippen molar-refractivity contribution < 1.29 is 0 Å². The number of pyridine rings is 1. The van der Waals surface area contributed by atoms with Crippen LogP contribution in [0.15, 0.2) is 30.7 Å². The minimum atomic E-state index is 0.151. The number of nitriles is 2. The lowest BCUT2D eigenvalue weighted by molar-refractivity contribution is 0.763. The van der Waals surface area contributed by atoms with Gasteiger partial charge in [0, 0.05) is 6.20 Å². The van der Waals surface area contributed by atoms with E-state index in [1.54, 1.807) is 10.8 Å². The molecule has 0 aliphatic heterocycles. The first-order chi connectivity index (χ1) is 7.85. The zero-order chi connectivity index (χ0) is 11.4. The minimum absolute atomic E-state index is 0.151. The van der Waals surface area contributed by atoms with Crippen LogP contribution in [0.2, 0.25) is 0 Å². The average molecular weight is 209 g/mol. The predicted octanol–water partition coefficient (Wildman–Crippen LogP) is 1.07. The molecule has 0 fully saturated rings. The van der Waals surface area contributed by atoms with E-state index >= 15 is 0 Å². The van der Waals surface area contributed by atoms with Crippen LogP contribution >= 0.6 is 0 Å². The summed E-state index contributed by atoms with van der Waals surface area (Å²) in [5.74, 6) is 0. The van der Waals surface area contributed by atoms with Gasteiger partial charge < -0.3 is 4.57 Å². The van der Waals surface area contributed by atoms with Crippen molar-refractivity contribution in [3.05, 3.63) is 47.8 Å². The molecule has 0 amide bonds. The fraction of sp³-hybridized carbons (Fsp3) is 0.0909. The van der Waals surface area contributed by atoms with Crippen molar-refractivity contribution >= 4 is 0 Å². The molecule has 0 N–H and O–H groups in total. The Bertz CT molecular complexity index is 571. The molecule has 0 unspecified atom stereocenters. The topological polar surface area (TPSA) is 78.3 Å². The highest BCUT2D eigenvalue weighted by Gasteiger charge is 2.09. The molecule has 2 aromatic heterocycles. The van der Waals surface area contributed by atoms with Crippen LogP contribution < -0.4 is 0 Å². The maximum Gasteiger partial charge on any atom is 0.176 e. The molecule has 5 heteroatoms. The smallest absolute Gasteiger partial charge is 0.176 e. The third-order valence-corrected chi connectivity index (χ3v) is 2.11. The summed E-state index contributed by atoms with van der Waals surface area (Å²) in [5, 5.41) is 17.7. The Kier molecular flexibility index (Phi) is 2.62. The third kappa shape index (κ3) is 1.75. The summed E-state index contributed by atoms with van der Waals surface area (Å²) >= 11 is 0. The van der Waals surface area contributed by atoms with E-state index in [0.717, 1.165) is 5.69 Å². The van der Waals surface area contributed by atoms with Crippen molar-refractivity contribution in [3.63, 3.8) is 0 Å². The Labute approximate surface area is 92.2 Å². The molecule has 16 heavy (non-hydrogen) atoms. The van der Waals surface area contributed by atoms with E-state index in [-0.39, 0.29) is 11.4 Å². The lowest BCUT2D eigenvalue weighted by atomic mass is 10.3. The molecule has 0 saturated carbocycles. The van der Waals surface area contributed by atoms with Crippen LogP contribution in [0.1, 0.15) is 17.1 Å². The predicted molar refractivity (Wildman–Crippen MR) is 55.0 cm³/mol. The Morgan fingerprint density at radius 1 is 1.19 bits per heavy atom. The second-order valence-electron chi connectivity index (χ2n) is 3.11. The van der Waals surface area contributed by atoms with E-state index < -0.39 is 0 Å². The molecule has 2 aromatic rings. The van der Waals surface area contributed by atoms with Gasteiger partial charge >= 0.3 is 0 Å². The molecule has 76 valence electrons. The van der Waals surface area contributed by atoms with Crippen molar-refractivity contribution in [2.45, 2.75) is 6.54 Å². The van der Waals surface area contributed by atoms with Gasteiger partial charge in [-0.2, -0.15) is 10.5 Å². The normalized spacial score (nSPS) is 9.38. The molecule has 0 aromatic carbocycles. The highest BCUT2D eigenvalue weighted by atomic mass is 15.1. The van der Waals surface area contributed by atoms with Gasteiger partial charge in [0.05, 0.1) is 18.6 Å². The molecule has 0 spiro atoms. The number of nitrogens with zero attached hydrogens (tertiary/aromatic N) is 5. The summed E-state index contributed by atoms with van der Waals surface area (Å²) in [5.41, 5.74) is 1.24. The lowest BCUT2D eigenvalue weighted by Crippen LogP contribution is -2.02. The quantitative estimate of drug-likeness (QED) is 0.741. The third-order valence-electron chi connectivity index (χ3n) is 2.11. The van der Waals surface area contributed by atoms with Gasteiger partial charge in [-0.3, -0.25) is 4.98 Å². The van der Waals surface area contributed by atoms with Gasteiger partial charge in [-0.05, 0) is 12.1 Å². The van der Waals surface area contributed by atoms with Crippen molar-refractivity contribution in [1.29, 1.82) is 10.5 Å². The summed E-state index contributed by atoms with van der Waals surface area (Å²) in [7, 11) is 0. The van der Waals surface area contributed by atoms with E-state index in [1.165, 1.54) is 6.33 Å². The highest BCUT2D eigenvalue weighted by Crippen LogP contribution is 2.07. The number of hydrogen-bond acceptors (Lipinski definition) is 4. The average Bonchev–Trinajstić information content (AvgIpc) is 2.72. The van der Waals surface area contributed by atoms with Crippen molar-refractivity contribution in [3.8, 4) is 12.1 Å². The van der Waals surface area contributed by atoms with Crippen molar-refractivity contribution in [2.75, 3.05) is 0 Å². The second-order valence-corrected chi connectivity index (χ2v) is 3.11. The van der Waals surface area contributed by atoms with Crippen LogP contribution in [0.4, 0.5) is 0 Å². The Morgan fingerprint density at radius 3 is 2.69 bits per heavy atom. The molecular weight excluding hydrogens is 202 g/mol. The first-order valence-electron chi connectivity index (χ1n) is 4.60. The fourth-order valence-corrected chi connectivity index (χ4v) is 1.37. The van der Waals surface area contributed by atoms with Crippen molar-refractivity contribution in [2.24, 2.45) is 0 Å². The summed E-state index contributed by atoms with van der Waals surface area (Å²) in [6, 6.07) is 9.39. The Morgan fingerprint density at radius 2 is 2.06 bits per heavy atom. The summed E-state index contributed by atoms with van der Waals surface area (Å²) in [4.78, 5) is 8.00. The van der Waals surface area contributed by atoms with Gasteiger partial charge in [0.2, 0.25) is 0 Å². The first-order valence-corrected chi connectivity index (χ1v) is 4.60. The molecule has 0 atom stereocenters. The number of imidazole rings is 1. The zero-order valence-corrected chi connectivity index (χ0v) is 8.33. The van der Waals surface area contributed by atoms with Crippen molar-refractivity contribution in [1.82, 2.24) is 14.5 Å². The maximum absolute atomic E-state index is 8.91. The number of rotatable bonds is 2. The molecule has 0 bridgehead atoms. The largest absolute Gasteiger partial charge is 0.315 e. The zero-order valence-electron chi connectivity index (χ0n) is 8.33. The van der Waals surface area contributed by atoms with Gasteiger partial charge in [0.15, 0.2) is 11.4 Å². The van der Waals surface area contributed by atoms with E-state index in [0.29, 0.717) is 6.54 Å². The monoisotopic (exact) mass is 209 g/mol. The molecule has 0 radical (unpaired) electrons. The summed E-state index contributed by atoms with van der Waals surface area (Å²) in [6.07, 6.45) is 3.16. The Balaban J connectivity index is 2.34. The SMILES string of the molecule is N#Cc1ncn(Cc2ccccn2)c1C#N. The molecule has 0 aliphatic carbocycles. The number of hydrogen-bond donors (Lipinski definition) is 0. The summed E-state index contributed by atoms with van der Waals surface area (Å²) in [6.45, 7) is 0.443. The molecule has 0 saturated heterocycles. The minimum Gasteiger partial charge on any atom is -0.315 e. The van der Waals surface area contributed by atoms with E-state index in [9.17, 15) is 0 Å². The van der Waals surface area contributed by atoms with Gasteiger partial charge in [-0.15, -0.1) is 0 Å². The highest BCUT2D eigenvalue weighted by molar-refractivity contribution is 5.36.